The lowest BCUT2D eigenvalue weighted by molar-refractivity contribution is -0.113. The summed E-state index contributed by atoms with van der Waals surface area (Å²) in [5, 5.41) is 2.93. The molecule has 0 aliphatic carbocycles. The molecule has 0 saturated heterocycles. The molecule has 0 heterocycles. The van der Waals surface area contributed by atoms with Crippen molar-refractivity contribution in [3.8, 4) is 0 Å². The minimum Gasteiger partial charge on any atom is -0.324 e. The van der Waals surface area contributed by atoms with Crippen LogP contribution in [-0.2, 0) is 4.79 Å². The van der Waals surface area contributed by atoms with E-state index in [1.165, 1.54) is 5.56 Å². The number of nitrogens with one attached hydrogen (secondary N) is 1. The van der Waals surface area contributed by atoms with Crippen molar-refractivity contribution in [1.29, 1.82) is 0 Å². The average Bonchev–Trinajstić information content (AvgIpc) is 2.40. The molecule has 2 nitrogen and oxygen atoms in total. The number of para-hydroxylation sites is 1. The van der Waals surface area contributed by atoms with Crippen molar-refractivity contribution in [2.24, 2.45) is 0 Å². The Kier molecular flexibility index (Phi) is 5.92. The Morgan fingerprint density at radius 1 is 1.30 bits per heavy atom. The molecule has 0 aliphatic rings. The third-order valence-corrected chi connectivity index (χ3v) is 5.25. The highest BCUT2D eigenvalue weighted by Gasteiger charge is 2.07. The molecular formula is C15H13BrINOS. The number of anilines is 1. The summed E-state index contributed by atoms with van der Waals surface area (Å²) in [7, 11) is 0. The van der Waals surface area contributed by atoms with Crippen molar-refractivity contribution in [2.45, 2.75) is 11.8 Å². The lowest BCUT2D eigenvalue weighted by atomic mass is 10.2. The predicted molar refractivity (Wildman–Crippen MR) is 97.4 cm³/mol. The Bertz CT molecular complexity index is 633. The van der Waals surface area contributed by atoms with Gasteiger partial charge < -0.3 is 5.32 Å². The molecule has 0 bridgehead atoms. The SMILES string of the molecule is Cc1cc(Br)ccc1SCC(=O)Nc1ccccc1I. The number of rotatable bonds is 4. The number of halogens is 2. The molecular weight excluding hydrogens is 449 g/mol. The largest absolute Gasteiger partial charge is 0.324 e. The first kappa shape index (κ1) is 15.9. The maximum Gasteiger partial charge on any atom is 0.234 e. The molecule has 20 heavy (non-hydrogen) atoms. The van der Waals surface area contributed by atoms with E-state index in [1.54, 1.807) is 11.8 Å². The molecule has 0 atom stereocenters. The minimum atomic E-state index is 0.0152. The molecule has 0 radical (unpaired) electrons. The number of aryl methyl sites for hydroxylation is 1. The van der Waals surface area contributed by atoms with Gasteiger partial charge in [0.15, 0.2) is 0 Å². The third-order valence-electron chi connectivity index (χ3n) is 2.64. The van der Waals surface area contributed by atoms with Crippen molar-refractivity contribution in [1.82, 2.24) is 0 Å². The van der Waals surface area contributed by atoms with Crippen molar-refractivity contribution < 1.29 is 4.79 Å². The monoisotopic (exact) mass is 461 g/mol. The van der Waals surface area contributed by atoms with E-state index in [0.717, 1.165) is 18.6 Å². The molecule has 1 N–H and O–H groups in total. The van der Waals surface area contributed by atoms with E-state index < -0.39 is 0 Å². The van der Waals surface area contributed by atoms with Crippen LogP contribution in [0, 0.1) is 10.5 Å². The van der Waals surface area contributed by atoms with Crippen LogP contribution in [0.5, 0.6) is 0 Å². The Morgan fingerprint density at radius 3 is 2.75 bits per heavy atom. The number of hydrogen-bond donors (Lipinski definition) is 1. The molecule has 0 fully saturated rings. The molecule has 0 saturated carbocycles. The van der Waals surface area contributed by atoms with E-state index in [9.17, 15) is 4.79 Å². The van der Waals surface area contributed by atoms with Gasteiger partial charge in [-0.05, 0) is 65.4 Å². The summed E-state index contributed by atoms with van der Waals surface area (Å²) in [4.78, 5) is 13.1. The van der Waals surface area contributed by atoms with E-state index in [-0.39, 0.29) is 5.91 Å². The van der Waals surface area contributed by atoms with Gasteiger partial charge in [-0.25, -0.2) is 0 Å². The van der Waals surface area contributed by atoms with Gasteiger partial charge in [-0.15, -0.1) is 11.8 Å². The summed E-state index contributed by atoms with van der Waals surface area (Å²) < 4.78 is 2.10. The summed E-state index contributed by atoms with van der Waals surface area (Å²) >= 11 is 7.21. The van der Waals surface area contributed by atoms with Crippen molar-refractivity contribution >= 4 is 61.9 Å². The van der Waals surface area contributed by atoms with Crippen LogP contribution in [0.4, 0.5) is 5.69 Å². The third kappa shape index (κ3) is 4.49. The van der Waals surface area contributed by atoms with Crippen LogP contribution < -0.4 is 5.32 Å². The molecule has 1 amide bonds. The molecule has 104 valence electrons. The van der Waals surface area contributed by atoms with E-state index >= 15 is 0 Å². The van der Waals surface area contributed by atoms with Crippen molar-refractivity contribution in [2.75, 3.05) is 11.1 Å². The molecule has 0 aromatic heterocycles. The van der Waals surface area contributed by atoms with Crippen LogP contribution in [0.25, 0.3) is 0 Å². The van der Waals surface area contributed by atoms with Gasteiger partial charge in [0.2, 0.25) is 5.91 Å². The van der Waals surface area contributed by atoms with Crippen LogP contribution in [0.15, 0.2) is 51.8 Å². The van der Waals surface area contributed by atoms with Gasteiger partial charge in [0.25, 0.3) is 0 Å². The summed E-state index contributed by atoms with van der Waals surface area (Å²) in [5.41, 5.74) is 2.04. The van der Waals surface area contributed by atoms with E-state index in [4.69, 9.17) is 0 Å². The van der Waals surface area contributed by atoms with Crippen molar-refractivity contribution in [3.63, 3.8) is 0 Å². The molecule has 0 unspecified atom stereocenters. The molecule has 2 aromatic carbocycles. The number of benzene rings is 2. The molecule has 2 rings (SSSR count). The van der Waals surface area contributed by atoms with Gasteiger partial charge in [-0.3, -0.25) is 4.79 Å². The molecule has 0 spiro atoms. The van der Waals surface area contributed by atoms with Gasteiger partial charge in [-0.2, -0.15) is 0 Å². The van der Waals surface area contributed by atoms with Gasteiger partial charge >= 0.3 is 0 Å². The summed E-state index contributed by atoms with van der Waals surface area (Å²) in [6.07, 6.45) is 0. The highest BCUT2D eigenvalue weighted by Crippen LogP contribution is 2.25. The van der Waals surface area contributed by atoms with Gasteiger partial charge in [0.1, 0.15) is 0 Å². The summed E-state index contributed by atoms with van der Waals surface area (Å²) in [5.74, 6) is 0.425. The van der Waals surface area contributed by atoms with E-state index in [1.807, 2.05) is 43.3 Å². The fourth-order valence-corrected chi connectivity index (χ4v) is 3.47. The fourth-order valence-electron chi connectivity index (χ4n) is 1.67. The Balaban J connectivity index is 1.94. The Hall–Kier alpha value is -0.530. The first-order valence-electron chi connectivity index (χ1n) is 5.99. The fraction of sp³-hybridized carbons (Fsp3) is 0.133. The van der Waals surface area contributed by atoms with Gasteiger partial charge in [0.05, 0.1) is 11.4 Å². The van der Waals surface area contributed by atoms with Crippen LogP contribution in [0.2, 0.25) is 0 Å². The molecule has 2 aromatic rings. The van der Waals surface area contributed by atoms with Gasteiger partial charge in [0, 0.05) is 12.9 Å². The topological polar surface area (TPSA) is 29.1 Å². The standard InChI is InChI=1S/C15H13BrINOS/c1-10-8-11(16)6-7-14(10)20-9-15(19)18-13-5-3-2-4-12(13)17/h2-8H,9H2,1H3,(H,18,19). The lowest BCUT2D eigenvalue weighted by Crippen LogP contribution is -2.14. The number of carbonyl (C=O) groups excluding carboxylic acids is 1. The first-order valence-corrected chi connectivity index (χ1v) is 8.85. The number of thioether (sulfide) groups is 1. The number of amides is 1. The minimum absolute atomic E-state index is 0.0152. The number of hydrogen-bond acceptors (Lipinski definition) is 2. The second kappa shape index (κ2) is 7.47. The zero-order valence-corrected chi connectivity index (χ0v) is 15.4. The Morgan fingerprint density at radius 2 is 2.05 bits per heavy atom. The smallest absolute Gasteiger partial charge is 0.234 e. The maximum atomic E-state index is 12.0. The lowest BCUT2D eigenvalue weighted by Gasteiger charge is -2.08. The zero-order chi connectivity index (χ0) is 14.5. The van der Waals surface area contributed by atoms with E-state index in [2.05, 4.69) is 49.9 Å². The van der Waals surface area contributed by atoms with Crippen LogP contribution in [-0.4, -0.2) is 11.7 Å². The van der Waals surface area contributed by atoms with Gasteiger partial charge in [-0.1, -0.05) is 28.1 Å². The highest BCUT2D eigenvalue weighted by molar-refractivity contribution is 14.1. The van der Waals surface area contributed by atoms with Crippen LogP contribution >= 0.6 is 50.3 Å². The summed E-state index contributed by atoms with van der Waals surface area (Å²) in [6, 6.07) is 13.8. The van der Waals surface area contributed by atoms with Crippen LogP contribution in [0.1, 0.15) is 5.56 Å². The average molecular weight is 462 g/mol. The maximum absolute atomic E-state index is 12.0. The molecule has 0 aliphatic heterocycles. The second-order valence-corrected chi connectivity index (χ2v) is 7.32. The zero-order valence-electron chi connectivity index (χ0n) is 10.8. The van der Waals surface area contributed by atoms with E-state index in [0.29, 0.717) is 5.75 Å². The van der Waals surface area contributed by atoms with Crippen LogP contribution in [0.3, 0.4) is 0 Å². The summed E-state index contributed by atoms with van der Waals surface area (Å²) in [6.45, 7) is 2.05. The quantitative estimate of drug-likeness (QED) is 0.507. The Labute approximate surface area is 145 Å². The molecule has 5 heteroatoms. The number of carbonyl (C=O) groups is 1. The normalized spacial score (nSPS) is 10.3. The predicted octanol–water partition coefficient (Wildman–Crippen LogP) is 5.09. The highest BCUT2D eigenvalue weighted by atomic mass is 127. The van der Waals surface area contributed by atoms with Crippen molar-refractivity contribution in [3.05, 3.63) is 56.1 Å². The first-order chi connectivity index (χ1) is 9.56. The second-order valence-electron chi connectivity index (χ2n) is 4.23.